The largest absolute Gasteiger partial charge is 0.301 e. The van der Waals surface area contributed by atoms with Crippen LogP contribution >= 0.6 is 43.2 Å². The number of thiazole rings is 1. The number of hydrogen-bond donors (Lipinski definition) is 1. The molecule has 1 saturated carbocycles. The van der Waals surface area contributed by atoms with Crippen molar-refractivity contribution >= 4 is 64.5 Å². The van der Waals surface area contributed by atoms with E-state index in [9.17, 15) is 4.79 Å². The van der Waals surface area contributed by atoms with E-state index in [1.807, 2.05) is 31.2 Å². The number of amides is 1. The van der Waals surface area contributed by atoms with E-state index in [-0.39, 0.29) is 9.14 Å². The minimum atomic E-state index is -0.412. The molecule has 18 heavy (non-hydrogen) atoms. The summed E-state index contributed by atoms with van der Waals surface area (Å²) in [7, 11) is 0. The average Bonchev–Trinajstić information content (AvgIpc) is 2.69. The fraction of sp³-hybridized carbons (Fsp3) is 0.333. The van der Waals surface area contributed by atoms with Crippen LogP contribution in [0.2, 0.25) is 0 Å². The normalized spacial score (nSPS) is 25.1. The number of aromatic nitrogens is 1. The van der Waals surface area contributed by atoms with Crippen LogP contribution in [0.15, 0.2) is 24.3 Å². The number of carbonyl (C=O) groups excluding carboxylic acids is 1. The third-order valence-corrected chi connectivity index (χ3v) is 6.54. The van der Waals surface area contributed by atoms with Gasteiger partial charge in [0.25, 0.3) is 0 Å². The number of alkyl halides is 2. The van der Waals surface area contributed by atoms with Crippen LogP contribution in [-0.2, 0) is 4.79 Å². The number of rotatable bonds is 2. The molecule has 1 aromatic carbocycles. The zero-order valence-electron chi connectivity index (χ0n) is 9.54. The van der Waals surface area contributed by atoms with Crippen molar-refractivity contribution in [3.05, 3.63) is 24.3 Å². The Hall–Kier alpha value is -0.460. The molecule has 0 saturated heterocycles. The monoisotopic (exact) mass is 388 g/mol. The van der Waals surface area contributed by atoms with E-state index < -0.39 is 5.41 Å². The van der Waals surface area contributed by atoms with Crippen molar-refractivity contribution in [3.63, 3.8) is 0 Å². The summed E-state index contributed by atoms with van der Waals surface area (Å²) in [5.74, 6) is -0.00435. The van der Waals surface area contributed by atoms with Gasteiger partial charge in [0.2, 0.25) is 5.91 Å². The molecule has 0 aliphatic heterocycles. The summed E-state index contributed by atoms with van der Waals surface area (Å²) in [4.78, 5) is 16.6. The molecule has 0 radical (unpaired) electrons. The van der Waals surface area contributed by atoms with Gasteiger partial charge in [0.05, 0.1) is 18.9 Å². The molecule has 1 N–H and O–H groups in total. The molecule has 1 heterocycles. The van der Waals surface area contributed by atoms with Gasteiger partial charge in [0.1, 0.15) is 0 Å². The van der Waals surface area contributed by atoms with Crippen LogP contribution in [0.1, 0.15) is 13.3 Å². The number of hydrogen-bond acceptors (Lipinski definition) is 3. The molecule has 0 bridgehead atoms. The van der Waals surface area contributed by atoms with Gasteiger partial charge in [-0.3, -0.25) is 4.79 Å². The summed E-state index contributed by atoms with van der Waals surface area (Å²) in [6, 6.07) is 7.86. The molecule has 3 nitrogen and oxygen atoms in total. The van der Waals surface area contributed by atoms with E-state index >= 15 is 0 Å². The first kappa shape index (κ1) is 12.6. The molecule has 2 aromatic rings. The van der Waals surface area contributed by atoms with Crippen LogP contribution in [-0.4, -0.2) is 14.1 Å². The van der Waals surface area contributed by atoms with Crippen LogP contribution in [0.3, 0.4) is 0 Å². The van der Waals surface area contributed by atoms with E-state index in [0.29, 0.717) is 5.13 Å². The van der Waals surface area contributed by atoms with E-state index in [1.54, 1.807) is 0 Å². The molecule has 0 unspecified atom stereocenters. The van der Waals surface area contributed by atoms with Crippen molar-refractivity contribution in [2.24, 2.45) is 5.41 Å². The lowest BCUT2D eigenvalue weighted by atomic mass is 10.1. The topological polar surface area (TPSA) is 42.0 Å². The predicted molar refractivity (Wildman–Crippen MR) is 81.6 cm³/mol. The van der Waals surface area contributed by atoms with Gasteiger partial charge in [0.15, 0.2) is 5.13 Å². The Morgan fingerprint density at radius 2 is 2.11 bits per heavy atom. The van der Waals surface area contributed by atoms with Crippen molar-refractivity contribution in [2.45, 2.75) is 16.6 Å². The molecule has 1 aliphatic rings. The third kappa shape index (κ3) is 1.90. The maximum atomic E-state index is 12.2. The zero-order chi connectivity index (χ0) is 13.0. The highest BCUT2D eigenvalue weighted by Crippen LogP contribution is 2.66. The first-order valence-electron chi connectivity index (χ1n) is 5.47. The van der Waals surface area contributed by atoms with Gasteiger partial charge in [-0.25, -0.2) is 4.98 Å². The summed E-state index contributed by atoms with van der Waals surface area (Å²) in [5, 5.41) is 3.56. The molecular formula is C12H10Br2N2OS. The van der Waals surface area contributed by atoms with E-state index in [1.165, 1.54) is 11.3 Å². The van der Waals surface area contributed by atoms with E-state index in [2.05, 4.69) is 42.2 Å². The molecular weight excluding hydrogens is 380 g/mol. The molecule has 1 atom stereocenters. The smallest absolute Gasteiger partial charge is 0.234 e. The second-order valence-corrected chi connectivity index (χ2v) is 9.46. The number of anilines is 1. The molecule has 1 fully saturated rings. The van der Waals surface area contributed by atoms with Gasteiger partial charge >= 0.3 is 0 Å². The Bertz CT molecular complexity index is 607. The number of carbonyl (C=O) groups is 1. The van der Waals surface area contributed by atoms with Crippen LogP contribution in [0.25, 0.3) is 10.2 Å². The summed E-state index contributed by atoms with van der Waals surface area (Å²) in [6.07, 6.45) is 0.775. The molecule has 6 heteroatoms. The Labute approximate surface area is 125 Å². The molecule has 3 rings (SSSR count). The Balaban J connectivity index is 1.83. The fourth-order valence-corrected chi connectivity index (χ4v) is 4.15. The average molecular weight is 390 g/mol. The number of benzene rings is 1. The van der Waals surface area contributed by atoms with E-state index in [0.717, 1.165) is 16.6 Å². The van der Waals surface area contributed by atoms with Gasteiger partial charge < -0.3 is 5.32 Å². The summed E-state index contributed by atoms with van der Waals surface area (Å²) < 4.78 is 0.811. The summed E-state index contributed by atoms with van der Waals surface area (Å²) in [6.45, 7) is 1.93. The van der Waals surface area contributed by atoms with Crippen molar-refractivity contribution in [1.29, 1.82) is 0 Å². The second kappa shape index (κ2) is 4.02. The molecule has 0 spiro atoms. The zero-order valence-corrected chi connectivity index (χ0v) is 13.5. The van der Waals surface area contributed by atoms with E-state index in [4.69, 9.17) is 0 Å². The minimum Gasteiger partial charge on any atom is -0.301 e. The lowest BCUT2D eigenvalue weighted by Gasteiger charge is -2.10. The first-order chi connectivity index (χ1) is 8.42. The van der Waals surface area contributed by atoms with Crippen LogP contribution < -0.4 is 5.32 Å². The van der Waals surface area contributed by atoms with Crippen LogP contribution in [0, 0.1) is 5.41 Å². The van der Waals surface area contributed by atoms with Gasteiger partial charge in [-0.15, -0.1) is 0 Å². The van der Waals surface area contributed by atoms with Crippen molar-refractivity contribution in [2.75, 3.05) is 5.32 Å². The number of fused-ring (bicyclic) bond motifs is 1. The number of halogens is 2. The van der Waals surface area contributed by atoms with Crippen molar-refractivity contribution in [3.8, 4) is 0 Å². The van der Waals surface area contributed by atoms with Gasteiger partial charge in [-0.2, -0.15) is 0 Å². The molecule has 1 amide bonds. The van der Waals surface area contributed by atoms with Gasteiger partial charge in [0, 0.05) is 0 Å². The fourth-order valence-electron chi connectivity index (χ4n) is 1.81. The highest BCUT2D eigenvalue weighted by atomic mass is 79.9. The van der Waals surface area contributed by atoms with Crippen LogP contribution in [0.5, 0.6) is 0 Å². The quantitative estimate of drug-likeness (QED) is 0.784. The SMILES string of the molecule is C[C@@]1(C(=O)Nc2nc3ccccc3s2)CC1(Br)Br. The molecule has 1 aliphatic carbocycles. The Morgan fingerprint density at radius 3 is 2.72 bits per heavy atom. The maximum absolute atomic E-state index is 12.2. The highest BCUT2D eigenvalue weighted by Gasteiger charge is 2.66. The van der Waals surface area contributed by atoms with Gasteiger partial charge in [-0.05, 0) is 25.5 Å². The lowest BCUT2D eigenvalue weighted by molar-refractivity contribution is -0.120. The first-order valence-corrected chi connectivity index (χ1v) is 7.87. The highest BCUT2D eigenvalue weighted by molar-refractivity contribution is 9.25. The summed E-state index contributed by atoms with van der Waals surface area (Å²) in [5.41, 5.74) is 0.507. The summed E-state index contributed by atoms with van der Waals surface area (Å²) >= 11 is 8.49. The minimum absolute atomic E-state index is 0.00435. The Kier molecular flexibility index (Phi) is 2.80. The molecule has 94 valence electrons. The third-order valence-electron chi connectivity index (χ3n) is 3.27. The van der Waals surface area contributed by atoms with Gasteiger partial charge in [-0.1, -0.05) is 55.3 Å². The predicted octanol–water partition coefficient (Wildman–Crippen LogP) is 4.13. The number of nitrogens with zero attached hydrogens (tertiary/aromatic N) is 1. The van der Waals surface area contributed by atoms with Crippen molar-refractivity contribution < 1.29 is 4.79 Å². The van der Waals surface area contributed by atoms with Crippen molar-refractivity contribution in [1.82, 2.24) is 4.98 Å². The second-order valence-electron chi connectivity index (χ2n) is 4.65. The Morgan fingerprint density at radius 1 is 1.44 bits per heavy atom. The molecule has 1 aromatic heterocycles. The lowest BCUT2D eigenvalue weighted by Crippen LogP contribution is -2.25. The number of nitrogens with one attached hydrogen (secondary N) is 1. The maximum Gasteiger partial charge on any atom is 0.234 e. The van der Waals surface area contributed by atoms with Crippen LogP contribution in [0.4, 0.5) is 5.13 Å². The standard InChI is InChI=1S/C12H10Br2N2OS/c1-11(6-12(11,13)14)9(17)16-10-15-7-4-2-3-5-8(7)18-10/h2-5H,6H2,1H3,(H,15,16,17)/t11-/m0/s1. The number of para-hydroxylation sites is 1.